The van der Waals surface area contributed by atoms with Crippen LogP contribution in [-0.2, 0) is 0 Å². The van der Waals surface area contributed by atoms with Gasteiger partial charge in [-0.3, -0.25) is 4.98 Å². The minimum absolute atomic E-state index is 0.666. The maximum Gasteiger partial charge on any atom is 0.0952 e. The minimum atomic E-state index is 0.666. The zero-order valence-electron chi connectivity index (χ0n) is 10.5. The van der Waals surface area contributed by atoms with E-state index in [1.165, 1.54) is 18.5 Å². The lowest BCUT2D eigenvalue weighted by Gasteiger charge is -2.07. The lowest BCUT2D eigenvalue weighted by molar-refractivity contribution is 0.842. The first-order chi connectivity index (χ1) is 9.33. The second-order valence-corrected chi connectivity index (χ2v) is 5.03. The largest absolute Gasteiger partial charge is 0.397 e. The van der Waals surface area contributed by atoms with Gasteiger partial charge in [-0.15, -0.1) is 0 Å². The molecule has 4 heteroatoms. The van der Waals surface area contributed by atoms with Crippen molar-refractivity contribution >= 4 is 16.6 Å². The number of pyridine rings is 1. The Kier molecular flexibility index (Phi) is 2.12. The summed E-state index contributed by atoms with van der Waals surface area (Å²) in [5.41, 5.74) is 9.73. The lowest BCUT2D eigenvalue weighted by Crippen LogP contribution is -1.99. The Morgan fingerprint density at radius 1 is 1.16 bits per heavy atom. The van der Waals surface area contributed by atoms with Gasteiger partial charge in [0.1, 0.15) is 0 Å². The second kappa shape index (κ2) is 3.82. The molecule has 1 aliphatic rings. The summed E-state index contributed by atoms with van der Waals surface area (Å²) in [6, 6.07) is 9.96. The Morgan fingerprint density at radius 3 is 2.89 bits per heavy atom. The molecule has 4 nitrogen and oxygen atoms in total. The van der Waals surface area contributed by atoms with Crippen molar-refractivity contribution in [1.29, 1.82) is 0 Å². The third-order valence-electron chi connectivity index (χ3n) is 3.63. The Labute approximate surface area is 110 Å². The maximum absolute atomic E-state index is 5.97. The van der Waals surface area contributed by atoms with E-state index in [0.717, 1.165) is 16.6 Å². The molecule has 2 heterocycles. The second-order valence-electron chi connectivity index (χ2n) is 5.03. The molecule has 4 rings (SSSR count). The number of rotatable bonds is 2. The summed E-state index contributed by atoms with van der Waals surface area (Å²) in [5, 5.41) is 5.71. The van der Waals surface area contributed by atoms with Gasteiger partial charge in [0.2, 0.25) is 0 Å². The van der Waals surface area contributed by atoms with Gasteiger partial charge in [-0.05, 0) is 43.2 Å². The molecule has 0 saturated heterocycles. The average molecular weight is 250 g/mol. The van der Waals surface area contributed by atoms with Crippen molar-refractivity contribution in [2.75, 3.05) is 5.73 Å². The quantitative estimate of drug-likeness (QED) is 0.711. The Morgan fingerprint density at radius 2 is 2.05 bits per heavy atom. The number of fused-ring (bicyclic) bond motifs is 1. The van der Waals surface area contributed by atoms with Crippen molar-refractivity contribution < 1.29 is 0 Å². The molecule has 0 radical (unpaired) electrons. The fraction of sp³-hybridized carbons (Fsp3) is 0.200. The van der Waals surface area contributed by atoms with Crippen LogP contribution in [0.1, 0.15) is 24.5 Å². The molecule has 0 aliphatic heterocycles. The van der Waals surface area contributed by atoms with Gasteiger partial charge in [0, 0.05) is 23.7 Å². The molecule has 1 fully saturated rings. The molecule has 1 aliphatic carbocycles. The van der Waals surface area contributed by atoms with Crippen LogP contribution in [-0.4, -0.2) is 14.8 Å². The summed E-state index contributed by atoms with van der Waals surface area (Å²) in [6.45, 7) is 0. The highest BCUT2D eigenvalue weighted by Gasteiger charge is 2.26. The highest BCUT2D eigenvalue weighted by molar-refractivity contribution is 5.95. The van der Waals surface area contributed by atoms with Crippen molar-refractivity contribution in [1.82, 2.24) is 14.8 Å². The van der Waals surface area contributed by atoms with Crippen LogP contribution in [0.4, 0.5) is 5.69 Å². The standard InChI is InChI=1S/C15H14N4/c16-12-5-6-14(11-2-1-8-17-15(11)12)19-9-7-13(18-19)10-3-4-10/h1-2,5-10H,3-4,16H2. The van der Waals surface area contributed by atoms with E-state index in [9.17, 15) is 0 Å². The van der Waals surface area contributed by atoms with E-state index in [4.69, 9.17) is 5.73 Å². The minimum Gasteiger partial charge on any atom is -0.397 e. The number of anilines is 1. The summed E-state index contributed by atoms with van der Waals surface area (Å²) in [6.07, 6.45) is 6.31. The van der Waals surface area contributed by atoms with E-state index in [1.807, 2.05) is 35.1 Å². The molecule has 19 heavy (non-hydrogen) atoms. The zero-order valence-corrected chi connectivity index (χ0v) is 10.5. The van der Waals surface area contributed by atoms with Crippen LogP contribution >= 0.6 is 0 Å². The van der Waals surface area contributed by atoms with Crippen molar-refractivity contribution in [2.45, 2.75) is 18.8 Å². The van der Waals surface area contributed by atoms with E-state index >= 15 is 0 Å². The first kappa shape index (κ1) is 10.6. The van der Waals surface area contributed by atoms with Crippen molar-refractivity contribution in [3.63, 3.8) is 0 Å². The van der Waals surface area contributed by atoms with Gasteiger partial charge in [-0.1, -0.05) is 0 Å². The molecule has 2 aromatic heterocycles. The van der Waals surface area contributed by atoms with Gasteiger partial charge < -0.3 is 5.73 Å². The summed E-state index contributed by atoms with van der Waals surface area (Å²) in [5.74, 6) is 0.666. The lowest BCUT2D eigenvalue weighted by atomic mass is 10.1. The van der Waals surface area contributed by atoms with Gasteiger partial charge in [-0.2, -0.15) is 5.10 Å². The number of nitrogens with two attached hydrogens (primary N) is 1. The number of aromatic nitrogens is 3. The van der Waals surface area contributed by atoms with Crippen molar-refractivity contribution in [3.05, 3.63) is 48.4 Å². The van der Waals surface area contributed by atoms with Crippen molar-refractivity contribution in [2.24, 2.45) is 0 Å². The van der Waals surface area contributed by atoms with Crippen LogP contribution in [0.25, 0.3) is 16.6 Å². The molecule has 0 bridgehead atoms. The van der Waals surface area contributed by atoms with Gasteiger partial charge in [0.25, 0.3) is 0 Å². The fourth-order valence-electron chi connectivity index (χ4n) is 2.45. The van der Waals surface area contributed by atoms with E-state index in [0.29, 0.717) is 11.6 Å². The van der Waals surface area contributed by atoms with E-state index in [2.05, 4.69) is 16.1 Å². The third-order valence-corrected chi connectivity index (χ3v) is 3.63. The van der Waals surface area contributed by atoms with E-state index in [1.54, 1.807) is 6.20 Å². The molecule has 0 atom stereocenters. The average Bonchev–Trinajstić information content (AvgIpc) is 3.18. The maximum atomic E-state index is 5.97. The van der Waals surface area contributed by atoms with Crippen LogP contribution in [0.5, 0.6) is 0 Å². The highest BCUT2D eigenvalue weighted by atomic mass is 15.3. The zero-order chi connectivity index (χ0) is 12.8. The summed E-state index contributed by atoms with van der Waals surface area (Å²) in [4.78, 5) is 4.36. The van der Waals surface area contributed by atoms with Gasteiger partial charge >= 0.3 is 0 Å². The van der Waals surface area contributed by atoms with Gasteiger partial charge in [-0.25, -0.2) is 4.68 Å². The van der Waals surface area contributed by atoms with E-state index in [-0.39, 0.29) is 0 Å². The SMILES string of the molecule is Nc1ccc(-n2ccc(C3CC3)n2)c2cccnc12. The molecule has 1 saturated carbocycles. The molecule has 1 aromatic carbocycles. The molecule has 0 amide bonds. The van der Waals surface area contributed by atoms with Crippen LogP contribution < -0.4 is 5.73 Å². The topological polar surface area (TPSA) is 56.7 Å². The van der Waals surface area contributed by atoms with Crippen LogP contribution in [0.15, 0.2) is 42.7 Å². The van der Waals surface area contributed by atoms with Crippen LogP contribution in [0, 0.1) is 0 Å². The van der Waals surface area contributed by atoms with Gasteiger partial charge in [0.15, 0.2) is 0 Å². The summed E-state index contributed by atoms with van der Waals surface area (Å²) < 4.78 is 1.93. The molecule has 0 spiro atoms. The Bertz CT molecular complexity index is 756. The predicted molar refractivity (Wildman–Crippen MR) is 75.3 cm³/mol. The highest BCUT2D eigenvalue weighted by Crippen LogP contribution is 2.39. The predicted octanol–water partition coefficient (Wildman–Crippen LogP) is 2.88. The number of hydrogen-bond acceptors (Lipinski definition) is 3. The van der Waals surface area contributed by atoms with E-state index < -0.39 is 0 Å². The smallest absolute Gasteiger partial charge is 0.0952 e. The molecular weight excluding hydrogens is 236 g/mol. The first-order valence-corrected chi connectivity index (χ1v) is 6.52. The Balaban J connectivity index is 1.91. The number of nitrogens with zero attached hydrogens (tertiary/aromatic N) is 3. The van der Waals surface area contributed by atoms with Crippen LogP contribution in [0.3, 0.4) is 0 Å². The molecule has 94 valence electrons. The molecular formula is C15H14N4. The summed E-state index contributed by atoms with van der Waals surface area (Å²) in [7, 11) is 0. The third kappa shape index (κ3) is 1.68. The molecule has 3 aromatic rings. The molecule has 2 N–H and O–H groups in total. The monoisotopic (exact) mass is 250 g/mol. The van der Waals surface area contributed by atoms with Gasteiger partial charge in [0.05, 0.1) is 22.6 Å². The normalized spacial score (nSPS) is 14.9. The number of nitrogen functional groups attached to an aromatic ring is 1. The number of benzene rings is 1. The van der Waals surface area contributed by atoms with Crippen LogP contribution in [0.2, 0.25) is 0 Å². The summed E-state index contributed by atoms with van der Waals surface area (Å²) >= 11 is 0. The fourth-order valence-corrected chi connectivity index (χ4v) is 2.45. The first-order valence-electron chi connectivity index (χ1n) is 6.52. The van der Waals surface area contributed by atoms with Crippen molar-refractivity contribution in [3.8, 4) is 5.69 Å². The Hall–Kier alpha value is -2.36. The number of hydrogen-bond donors (Lipinski definition) is 1. The molecule has 0 unspecified atom stereocenters.